The summed E-state index contributed by atoms with van der Waals surface area (Å²) in [4.78, 5) is 31.8. The van der Waals surface area contributed by atoms with Gasteiger partial charge < -0.3 is 20.4 Å². The van der Waals surface area contributed by atoms with Crippen LogP contribution >= 0.6 is 11.8 Å². The van der Waals surface area contributed by atoms with Crippen LogP contribution in [0, 0.1) is 0 Å². The Morgan fingerprint density at radius 1 is 1.41 bits per heavy atom. The van der Waals surface area contributed by atoms with Crippen molar-refractivity contribution >= 4 is 30.0 Å². The number of rotatable bonds is 6. The zero-order chi connectivity index (χ0) is 16.8. The van der Waals surface area contributed by atoms with Crippen LogP contribution in [0.4, 0.5) is 4.79 Å². The van der Waals surface area contributed by atoms with Gasteiger partial charge in [0.1, 0.15) is 6.54 Å². The molecule has 0 unspecified atom stereocenters. The maximum Gasteiger partial charge on any atom is 0.433 e. The normalized spacial score (nSPS) is 11.4. The van der Waals surface area contributed by atoms with Crippen molar-refractivity contribution in [1.29, 1.82) is 0 Å². The molecule has 22 heavy (non-hydrogen) atoms. The van der Waals surface area contributed by atoms with Crippen molar-refractivity contribution in [3.05, 3.63) is 12.1 Å². The van der Waals surface area contributed by atoms with E-state index in [9.17, 15) is 19.8 Å². The van der Waals surface area contributed by atoms with Gasteiger partial charge in [0.15, 0.2) is 0 Å². The second-order valence-corrected chi connectivity index (χ2v) is 6.04. The lowest BCUT2D eigenvalue weighted by molar-refractivity contribution is -0.144. The van der Waals surface area contributed by atoms with Gasteiger partial charge in [-0.25, -0.2) is 9.59 Å². The number of carbonyl (C=O) groups excluding carboxylic acids is 2. The molecule has 3 N–H and O–H groups in total. The van der Waals surface area contributed by atoms with Gasteiger partial charge in [0.05, 0.1) is 6.21 Å². The van der Waals surface area contributed by atoms with Crippen molar-refractivity contribution in [2.24, 2.45) is 5.16 Å². The topological polar surface area (TPSA) is 122 Å². The molecule has 0 aromatic carbocycles. The van der Waals surface area contributed by atoms with Crippen LogP contribution in [-0.4, -0.2) is 50.8 Å². The fraction of sp³-hybridized carbons (Fsp3) is 0.417. The molecule has 0 bridgehead atoms. The molecule has 1 heterocycles. The van der Waals surface area contributed by atoms with Gasteiger partial charge in [-0.05, 0) is 20.1 Å². The molecule has 9 nitrogen and oxygen atoms in total. The third kappa shape index (κ3) is 5.56. The van der Waals surface area contributed by atoms with E-state index in [0.717, 1.165) is 12.1 Å². The predicted molar refractivity (Wildman–Crippen MR) is 79.9 cm³/mol. The van der Waals surface area contributed by atoms with Crippen LogP contribution in [0.3, 0.4) is 0 Å². The van der Waals surface area contributed by atoms with Crippen LogP contribution in [0.5, 0.6) is 11.8 Å². The quantitative estimate of drug-likeness (QED) is 0.398. The van der Waals surface area contributed by atoms with Crippen molar-refractivity contribution in [1.82, 2.24) is 10.0 Å². The van der Waals surface area contributed by atoms with E-state index in [0.29, 0.717) is 4.73 Å². The molecule has 0 aliphatic heterocycles. The maximum atomic E-state index is 11.4. The summed E-state index contributed by atoms with van der Waals surface area (Å²) in [5.41, 5.74) is 0. The van der Waals surface area contributed by atoms with Gasteiger partial charge in [-0.15, -0.1) is 4.73 Å². The van der Waals surface area contributed by atoms with Crippen LogP contribution in [0.25, 0.3) is 0 Å². The summed E-state index contributed by atoms with van der Waals surface area (Å²) in [7, 11) is 0. The number of carbonyl (C=O) groups is 2. The first-order valence-electron chi connectivity index (χ1n) is 6.10. The number of aromatic nitrogens is 1. The van der Waals surface area contributed by atoms with Crippen molar-refractivity contribution in [3.63, 3.8) is 0 Å². The summed E-state index contributed by atoms with van der Waals surface area (Å²) < 4.78 is 0.219. The number of hydrogen-bond acceptors (Lipinski definition) is 8. The summed E-state index contributed by atoms with van der Waals surface area (Å²) in [6, 6.07) is 2.26. The highest BCUT2D eigenvalue weighted by Gasteiger charge is 2.15. The third-order valence-electron chi connectivity index (χ3n) is 2.39. The minimum Gasteiger partial charge on any atom is -0.492 e. The average Bonchev–Trinajstić information content (AvgIpc) is 2.77. The number of thioether (sulfide) groups is 1. The Bertz CT molecular complexity index is 550. The van der Waals surface area contributed by atoms with Crippen LogP contribution in [0.2, 0.25) is 0 Å². The van der Waals surface area contributed by atoms with E-state index in [1.807, 2.05) is 20.1 Å². The van der Waals surface area contributed by atoms with Gasteiger partial charge in [-0.2, -0.15) is 11.8 Å². The lowest BCUT2D eigenvalue weighted by Crippen LogP contribution is -2.34. The molecule has 0 spiro atoms. The van der Waals surface area contributed by atoms with E-state index in [4.69, 9.17) is 0 Å². The number of amides is 1. The molecule has 0 saturated heterocycles. The number of hydrogen-bond donors (Lipinski definition) is 3. The zero-order valence-electron chi connectivity index (χ0n) is 12.3. The highest BCUT2D eigenvalue weighted by atomic mass is 32.2. The van der Waals surface area contributed by atoms with Gasteiger partial charge in [0, 0.05) is 16.9 Å². The largest absolute Gasteiger partial charge is 0.492 e. The molecular formula is C12H17N3O6S. The van der Waals surface area contributed by atoms with Gasteiger partial charge >= 0.3 is 12.1 Å². The van der Waals surface area contributed by atoms with E-state index in [-0.39, 0.29) is 4.75 Å². The molecule has 0 atom stereocenters. The standard InChI is InChI=1S/C12H17N3O6S/c1-12(2,22-3)7-14-20-11(19)13-6-10(18)21-15-8(16)4-5-9(15)17/h4-5,7,16-17H,6H2,1-3H3,(H,13,19). The first-order valence-corrected chi connectivity index (χ1v) is 7.33. The van der Waals surface area contributed by atoms with Crippen LogP contribution in [0.15, 0.2) is 17.3 Å². The summed E-state index contributed by atoms with van der Waals surface area (Å²) in [5.74, 6) is -1.85. The van der Waals surface area contributed by atoms with E-state index in [1.165, 1.54) is 18.0 Å². The Hall–Kier alpha value is -2.36. The van der Waals surface area contributed by atoms with Gasteiger partial charge in [-0.3, -0.25) is 4.84 Å². The predicted octanol–water partition coefficient (Wildman–Crippen LogP) is 0.708. The fourth-order valence-corrected chi connectivity index (χ4v) is 1.21. The van der Waals surface area contributed by atoms with Gasteiger partial charge in [0.25, 0.3) is 0 Å². The molecule has 0 saturated carbocycles. The molecule has 122 valence electrons. The zero-order valence-corrected chi connectivity index (χ0v) is 13.1. The summed E-state index contributed by atoms with van der Waals surface area (Å²) in [6.45, 7) is 3.24. The lowest BCUT2D eigenvalue weighted by atomic mass is 10.2. The highest BCUT2D eigenvalue weighted by Crippen LogP contribution is 2.18. The summed E-state index contributed by atoms with van der Waals surface area (Å²) >= 11 is 1.52. The highest BCUT2D eigenvalue weighted by molar-refractivity contribution is 8.00. The number of aromatic hydroxyl groups is 2. The van der Waals surface area contributed by atoms with E-state index in [2.05, 4.69) is 20.1 Å². The molecule has 1 aromatic rings. The van der Waals surface area contributed by atoms with E-state index >= 15 is 0 Å². The molecule has 1 rings (SSSR count). The van der Waals surface area contributed by atoms with Crippen LogP contribution in [-0.2, 0) is 9.63 Å². The van der Waals surface area contributed by atoms with E-state index < -0.39 is 30.4 Å². The summed E-state index contributed by atoms with van der Waals surface area (Å²) in [5, 5.41) is 24.1. The van der Waals surface area contributed by atoms with Crippen molar-refractivity contribution in [2.75, 3.05) is 12.8 Å². The maximum absolute atomic E-state index is 11.4. The van der Waals surface area contributed by atoms with Crippen LogP contribution < -0.4 is 10.2 Å². The average molecular weight is 331 g/mol. The summed E-state index contributed by atoms with van der Waals surface area (Å²) in [6.07, 6.45) is 2.39. The smallest absolute Gasteiger partial charge is 0.433 e. The molecule has 10 heteroatoms. The second-order valence-electron chi connectivity index (χ2n) is 4.58. The second kappa shape index (κ2) is 7.59. The fourth-order valence-electron chi connectivity index (χ4n) is 1.06. The SMILES string of the molecule is CSC(C)(C)C=NOC(=O)NCC(=O)On1c(O)ccc1O. The number of nitrogens with one attached hydrogen (secondary N) is 1. The number of oxime groups is 1. The first kappa shape index (κ1) is 17.7. The molecular weight excluding hydrogens is 314 g/mol. The Morgan fingerprint density at radius 3 is 2.55 bits per heavy atom. The monoisotopic (exact) mass is 331 g/mol. The van der Waals surface area contributed by atoms with Crippen molar-refractivity contribution in [3.8, 4) is 11.8 Å². The minimum absolute atomic E-state index is 0.289. The van der Waals surface area contributed by atoms with E-state index in [1.54, 1.807) is 0 Å². The lowest BCUT2D eigenvalue weighted by Gasteiger charge is -2.13. The molecule has 0 radical (unpaired) electrons. The van der Waals surface area contributed by atoms with Crippen molar-refractivity contribution < 1.29 is 29.5 Å². The molecule has 0 aliphatic rings. The first-order chi connectivity index (χ1) is 10.2. The van der Waals surface area contributed by atoms with Crippen LogP contribution in [0.1, 0.15) is 13.8 Å². The Labute approximate surface area is 130 Å². The Morgan fingerprint density at radius 2 is 2.00 bits per heavy atom. The molecule has 0 aliphatic carbocycles. The number of nitrogens with zero attached hydrogens (tertiary/aromatic N) is 2. The molecule has 0 fully saturated rings. The minimum atomic E-state index is -0.939. The Balaban J connectivity index is 2.37. The molecule has 1 amide bonds. The van der Waals surface area contributed by atoms with Gasteiger partial charge in [0.2, 0.25) is 11.8 Å². The molecule has 1 aromatic heterocycles. The third-order valence-corrected chi connectivity index (χ3v) is 3.55. The Kier molecular flexibility index (Phi) is 6.11. The van der Waals surface area contributed by atoms with Crippen molar-refractivity contribution in [2.45, 2.75) is 18.6 Å². The van der Waals surface area contributed by atoms with Gasteiger partial charge in [-0.1, -0.05) is 5.16 Å².